The Morgan fingerprint density at radius 3 is 2.30 bits per heavy atom. The van der Waals surface area contributed by atoms with Gasteiger partial charge in [0.1, 0.15) is 10.8 Å². The van der Waals surface area contributed by atoms with E-state index in [1.54, 1.807) is 12.1 Å². The van der Waals surface area contributed by atoms with E-state index >= 15 is 0 Å². The molecule has 2 aromatic carbocycles. The van der Waals surface area contributed by atoms with E-state index in [9.17, 15) is 9.18 Å². The molecule has 0 bridgehead atoms. The van der Waals surface area contributed by atoms with Crippen LogP contribution in [0.15, 0.2) is 71.8 Å². The van der Waals surface area contributed by atoms with Gasteiger partial charge < -0.3 is 4.90 Å². The molecule has 1 aliphatic rings. The highest BCUT2D eigenvalue weighted by Crippen LogP contribution is 2.20. The largest absolute Gasteiger partial charge is 0.339 e. The number of hydrogen-bond acceptors (Lipinski definition) is 5. The summed E-state index contributed by atoms with van der Waals surface area (Å²) >= 11 is 1.39. The van der Waals surface area contributed by atoms with Gasteiger partial charge in [-0.05, 0) is 42.0 Å². The number of benzene rings is 2. The van der Waals surface area contributed by atoms with Gasteiger partial charge >= 0.3 is 0 Å². The molecule has 0 spiro atoms. The summed E-state index contributed by atoms with van der Waals surface area (Å²) in [6.45, 7) is 4.20. The smallest absolute Gasteiger partial charge is 0.233 e. The average molecular weight is 423 g/mol. The molecular weight excluding hydrogens is 399 g/mol. The zero-order valence-electron chi connectivity index (χ0n) is 16.6. The Morgan fingerprint density at radius 2 is 1.63 bits per heavy atom. The van der Waals surface area contributed by atoms with Gasteiger partial charge in [0.2, 0.25) is 5.91 Å². The van der Waals surface area contributed by atoms with Crippen molar-refractivity contribution in [2.75, 3.05) is 31.9 Å². The van der Waals surface area contributed by atoms with Crippen LogP contribution in [0.2, 0.25) is 0 Å². The first-order valence-corrected chi connectivity index (χ1v) is 10.9. The van der Waals surface area contributed by atoms with Gasteiger partial charge in [0.15, 0.2) is 0 Å². The van der Waals surface area contributed by atoms with Gasteiger partial charge in [-0.25, -0.2) is 4.39 Å². The van der Waals surface area contributed by atoms with Crippen LogP contribution in [0.4, 0.5) is 4.39 Å². The summed E-state index contributed by atoms with van der Waals surface area (Å²) < 4.78 is 13.0. The van der Waals surface area contributed by atoms with Crippen molar-refractivity contribution in [2.45, 2.75) is 11.6 Å². The Labute approximate surface area is 179 Å². The molecule has 0 unspecified atom stereocenters. The molecule has 0 N–H and O–H groups in total. The Kier molecular flexibility index (Phi) is 6.71. The number of piperazine rings is 1. The predicted octanol–water partition coefficient (Wildman–Crippen LogP) is 3.72. The van der Waals surface area contributed by atoms with E-state index in [4.69, 9.17) is 0 Å². The van der Waals surface area contributed by atoms with Gasteiger partial charge in [-0.2, -0.15) is 0 Å². The zero-order chi connectivity index (χ0) is 20.8. The first kappa shape index (κ1) is 20.5. The normalized spacial score (nSPS) is 14.6. The van der Waals surface area contributed by atoms with Crippen LogP contribution in [0.5, 0.6) is 0 Å². The highest BCUT2D eigenvalue weighted by atomic mass is 32.2. The fraction of sp³-hybridized carbons (Fsp3) is 0.261. The number of amides is 1. The van der Waals surface area contributed by atoms with Gasteiger partial charge in [0.05, 0.1) is 11.4 Å². The molecule has 1 aromatic heterocycles. The summed E-state index contributed by atoms with van der Waals surface area (Å²) in [6, 6.07) is 20.3. The molecule has 2 heterocycles. The Hall–Kier alpha value is -2.77. The topological polar surface area (TPSA) is 49.3 Å². The molecule has 154 valence electrons. The fourth-order valence-electron chi connectivity index (χ4n) is 3.40. The standard InChI is InChI=1S/C23H23FN4OS/c24-20-8-6-19(7-9-20)21-10-11-22(26-25-21)30-17-23(29)28-14-12-27(13-15-28)16-18-4-2-1-3-5-18/h1-11H,12-17H2. The number of halogens is 1. The van der Waals surface area contributed by atoms with Crippen molar-refractivity contribution in [1.82, 2.24) is 20.0 Å². The second kappa shape index (κ2) is 9.82. The molecule has 3 aromatic rings. The van der Waals surface area contributed by atoms with E-state index in [0.717, 1.165) is 38.3 Å². The number of nitrogens with zero attached hydrogens (tertiary/aromatic N) is 4. The van der Waals surface area contributed by atoms with Gasteiger partial charge in [-0.15, -0.1) is 10.2 Å². The minimum atomic E-state index is -0.279. The van der Waals surface area contributed by atoms with E-state index < -0.39 is 0 Å². The van der Waals surface area contributed by atoms with Gasteiger partial charge in [0.25, 0.3) is 0 Å². The van der Waals surface area contributed by atoms with Crippen LogP contribution in [0, 0.1) is 5.82 Å². The van der Waals surface area contributed by atoms with Crippen LogP contribution < -0.4 is 0 Å². The lowest BCUT2D eigenvalue weighted by atomic mass is 10.1. The molecule has 30 heavy (non-hydrogen) atoms. The number of aromatic nitrogens is 2. The number of hydrogen-bond donors (Lipinski definition) is 0. The van der Waals surface area contributed by atoms with Gasteiger partial charge in [-0.1, -0.05) is 42.1 Å². The van der Waals surface area contributed by atoms with Crippen molar-refractivity contribution in [3.8, 4) is 11.3 Å². The van der Waals surface area contributed by atoms with E-state index in [-0.39, 0.29) is 11.7 Å². The summed E-state index contributed by atoms with van der Waals surface area (Å²) in [7, 11) is 0. The molecule has 0 atom stereocenters. The van der Waals surface area contributed by atoms with Crippen molar-refractivity contribution in [1.29, 1.82) is 0 Å². The first-order valence-electron chi connectivity index (χ1n) is 9.94. The summed E-state index contributed by atoms with van der Waals surface area (Å²) in [5, 5.41) is 9.09. The monoisotopic (exact) mass is 422 g/mol. The zero-order valence-corrected chi connectivity index (χ0v) is 17.4. The van der Waals surface area contributed by atoms with E-state index in [1.165, 1.54) is 29.5 Å². The van der Waals surface area contributed by atoms with Gasteiger partial charge in [-0.3, -0.25) is 9.69 Å². The molecule has 5 nitrogen and oxygen atoms in total. The summed E-state index contributed by atoms with van der Waals surface area (Å²) in [5.74, 6) is 0.200. The van der Waals surface area contributed by atoms with Crippen molar-refractivity contribution >= 4 is 17.7 Å². The van der Waals surface area contributed by atoms with E-state index in [0.29, 0.717) is 16.5 Å². The highest BCUT2D eigenvalue weighted by molar-refractivity contribution is 7.99. The molecular formula is C23H23FN4OS. The predicted molar refractivity (Wildman–Crippen MR) is 116 cm³/mol. The summed E-state index contributed by atoms with van der Waals surface area (Å²) in [5.41, 5.74) is 2.79. The SMILES string of the molecule is O=C(CSc1ccc(-c2ccc(F)cc2)nn1)N1CCN(Cc2ccccc2)CC1. The van der Waals surface area contributed by atoms with Crippen LogP contribution in [-0.4, -0.2) is 57.8 Å². The lowest BCUT2D eigenvalue weighted by molar-refractivity contribution is -0.130. The quantitative estimate of drug-likeness (QED) is 0.567. The molecule has 0 saturated carbocycles. The summed E-state index contributed by atoms with van der Waals surface area (Å²) in [6.07, 6.45) is 0. The van der Waals surface area contributed by atoms with Gasteiger partial charge in [0, 0.05) is 38.3 Å². The summed E-state index contributed by atoms with van der Waals surface area (Å²) in [4.78, 5) is 16.9. The maximum absolute atomic E-state index is 13.0. The molecule has 4 rings (SSSR count). The van der Waals surface area contributed by atoms with Crippen LogP contribution in [-0.2, 0) is 11.3 Å². The lowest BCUT2D eigenvalue weighted by Gasteiger charge is -2.34. The minimum Gasteiger partial charge on any atom is -0.339 e. The molecule has 0 radical (unpaired) electrons. The molecule has 1 fully saturated rings. The third kappa shape index (κ3) is 5.43. The third-order valence-electron chi connectivity index (χ3n) is 5.10. The van der Waals surface area contributed by atoms with Crippen LogP contribution in [0.1, 0.15) is 5.56 Å². The highest BCUT2D eigenvalue weighted by Gasteiger charge is 2.21. The lowest BCUT2D eigenvalue weighted by Crippen LogP contribution is -2.48. The van der Waals surface area contributed by atoms with Crippen LogP contribution >= 0.6 is 11.8 Å². The minimum absolute atomic E-state index is 0.128. The Morgan fingerprint density at radius 1 is 0.900 bits per heavy atom. The maximum Gasteiger partial charge on any atom is 0.233 e. The second-order valence-electron chi connectivity index (χ2n) is 7.19. The first-order chi connectivity index (χ1) is 14.7. The number of rotatable bonds is 6. The molecule has 1 saturated heterocycles. The van der Waals surface area contributed by atoms with Crippen LogP contribution in [0.3, 0.4) is 0 Å². The van der Waals surface area contributed by atoms with E-state index in [2.05, 4.69) is 39.4 Å². The molecule has 1 aliphatic heterocycles. The van der Waals surface area contributed by atoms with Crippen molar-refractivity contribution in [3.63, 3.8) is 0 Å². The maximum atomic E-state index is 13.0. The molecule has 0 aliphatic carbocycles. The van der Waals surface area contributed by atoms with Crippen molar-refractivity contribution in [3.05, 3.63) is 78.1 Å². The molecule has 1 amide bonds. The van der Waals surface area contributed by atoms with Crippen molar-refractivity contribution < 1.29 is 9.18 Å². The number of carbonyl (C=O) groups is 1. The van der Waals surface area contributed by atoms with E-state index in [1.807, 2.05) is 23.1 Å². The fourth-order valence-corrected chi connectivity index (χ4v) is 4.11. The Balaban J connectivity index is 1.23. The third-order valence-corrected chi connectivity index (χ3v) is 6.00. The number of carbonyl (C=O) groups excluding carboxylic acids is 1. The second-order valence-corrected chi connectivity index (χ2v) is 8.19. The Bertz CT molecular complexity index is 959. The average Bonchev–Trinajstić information content (AvgIpc) is 2.80. The van der Waals surface area contributed by atoms with Crippen LogP contribution in [0.25, 0.3) is 11.3 Å². The van der Waals surface area contributed by atoms with Crippen molar-refractivity contribution in [2.24, 2.45) is 0 Å². The molecule has 7 heteroatoms. The number of thioether (sulfide) groups is 1.